The predicted molar refractivity (Wildman–Crippen MR) is 130 cm³/mol. The number of piperidine rings is 1. The third-order valence-electron chi connectivity index (χ3n) is 6.05. The summed E-state index contributed by atoms with van der Waals surface area (Å²) >= 11 is 1.69. The molecule has 0 bridgehead atoms. The second kappa shape index (κ2) is 9.42. The minimum Gasteiger partial charge on any atom is -0.507 e. The Morgan fingerprint density at radius 2 is 1.71 bits per heavy atom. The number of rotatable bonds is 4. The summed E-state index contributed by atoms with van der Waals surface area (Å²) in [5.41, 5.74) is 1.12. The number of hydrogen-bond acceptors (Lipinski definition) is 5. The molecule has 1 aliphatic rings. The second-order valence-corrected chi connectivity index (χ2v) is 9.49. The molecular formula is C26H21F2N3O3S. The fourth-order valence-electron chi connectivity index (χ4n) is 4.24. The molecule has 2 heterocycles. The van der Waals surface area contributed by atoms with E-state index in [9.17, 15) is 23.5 Å². The number of nitrogens with zero attached hydrogens (tertiary/aromatic N) is 2. The van der Waals surface area contributed by atoms with Crippen LogP contribution >= 0.6 is 11.3 Å². The highest BCUT2D eigenvalue weighted by Crippen LogP contribution is 2.34. The lowest BCUT2D eigenvalue weighted by Gasteiger charge is -2.31. The van der Waals surface area contributed by atoms with Crippen LogP contribution < -0.4 is 5.32 Å². The van der Waals surface area contributed by atoms with Crippen molar-refractivity contribution in [2.24, 2.45) is 0 Å². The van der Waals surface area contributed by atoms with Crippen LogP contribution in [0.1, 0.15) is 44.5 Å². The number of carbonyl (C=O) groups excluding carboxylic acids is 2. The summed E-state index contributed by atoms with van der Waals surface area (Å²) < 4.78 is 27.9. The van der Waals surface area contributed by atoms with E-state index >= 15 is 0 Å². The minimum atomic E-state index is -0.870. The molecule has 0 unspecified atom stereocenters. The van der Waals surface area contributed by atoms with Crippen molar-refractivity contribution < 1.29 is 23.5 Å². The highest BCUT2D eigenvalue weighted by atomic mass is 32.1. The van der Waals surface area contributed by atoms with E-state index in [0.29, 0.717) is 19.2 Å². The third kappa shape index (κ3) is 4.85. The lowest BCUT2D eigenvalue weighted by atomic mass is 9.97. The number of amides is 2. The van der Waals surface area contributed by atoms with Gasteiger partial charge in [0, 0.05) is 42.4 Å². The van der Waals surface area contributed by atoms with Crippen LogP contribution in [0.3, 0.4) is 0 Å². The van der Waals surface area contributed by atoms with E-state index in [2.05, 4.69) is 11.4 Å². The molecule has 1 fully saturated rings. The maximum absolute atomic E-state index is 13.4. The molecule has 35 heavy (non-hydrogen) atoms. The van der Waals surface area contributed by atoms with Gasteiger partial charge in [0.25, 0.3) is 11.8 Å². The van der Waals surface area contributed by atoms with Gasteiger partial charge in [-0.1, -0.05) is 12.1 Å². The van der Waals surface area contributed by atoms with Gasteiger partial charge in [-0.2, -0.15) is 0 Å². The van der Waals surface area contributed by atoms with Crippen LogP contribution in [0, 0.1) is 11.6 Å². The second-order valence-electron chi connectivity index (χ2n) is 8.43. The fourth-order valence-corrected chi connectivity index (χ4v) is 5.38. The van der Waals surface area contributed by atoms with E-state index in [0.717, 1.165) is 40.2 Å². The smallest absolute Gasteiger partial charge is 0.257 e. The number of para-hydroxylation sites is 1. The first-order valence-corrected chi connectivity index (χ1v) is 11.9. The molecule has 3 aromatic carbocycles. The molecule has 0 spiro atoms. The largest absolute Gasteiger partial charge is 0.507 e. The zero-order valence-corrected chi connectivity index (χ0v) is 19.3. The van der Waals surface area contributed by atoms with Crippen LogP contribution in [-0.2, 0) is 0 Å². The number of halogens is 2. The van der Waals surface area contributed by atoms with Gasteiger partial charge in [0.1, 0.15) is 17.4 Å². The zero-order valence-electron chi connectivity index (χ0n) is 18.5. The molecule has 4 aromatic rings. The van der Waals surface area contributed by atoms with Gasteiger partial charge in [-0.15, -0.1) is 11.3 Å². The molecule has 2 N–H and O–H groups in total. The minimum absolute atomic E-state index is 0.123. The summed E-state index contributed by atoms with van der Waals surface area (Å²) in [6.45, 7) is 1.09. The Kier molecular flexibility index (Phi) is 6.17. The lowest BCUT2D eigenvalue weighted by molar-refractivity contribution is 0.0710. The van der Waals surface area contributed by atoms with Crippen LogP contribution in [0.4, 0.5) is 14.5 Å². The Morgan fingerprint density at radius 1 is 1.00 bits per heavy atom. The molecule has 1 saturated heterocycles. The van der Waals surface area contributed by atoms with Crippen LogP contribution in [0.2, 0.25) is 0 Å². The summed E-state index contributed by atoms with van der Waals surface area (Å²) in [6.07, 6.45) is 1.56. The summed E-state index contributed by atoms with van der Waals surface area (Å²) in [7, 11) is 0. The first-order chi connectivity index (χ1) is 16.9. The summed E-state index contributed by atoms with van der Waals surface area (Å²) in [5, 5.41) is 14.0. The average molecular weight is 494 g/mol. The molecular weight excluding hydrogens is 472 g/mol. The normalized spacial score (nSPS) is 14.3. The topological polar surface area (TPSA) is 82.5 Å². The monoisotopic (exact) mass is 493 g/mol. The lowest BCUT2D eigenvalue weighted by Crippen LogP contribution is -2.37. The summed E-state index contributed by atoms with van der Waals surface area (Å²) in [4.78, 5) is 31.8. The fraction of sp³-hybridized carbons (Fsp3) is 0.192. The molecule has 2 amide bonds. The number of benzene rings is 3. The quantitative estimate of drug-likeness (QED) is 0.390. The van der Waals surface area contributed by atoms with Gasteiger partial charge in [-0.3, -0.25) is 9.59 Å². The average Bonchev–Trinajstić information content (AvgIpc) is 3.28. The number of phenols is 1. The van der Waals surface area contributed by atoms with Crippen LogP contribution in [0.25, 0.3) is 10.2 Å². The molecule has 178 valence electrons. The number of likely N-dealkylation sites (tertiary alicyclic amines) is 1. The number of anilines is 1. The number of nitrogens with one attached hydrogen (secondary N) is 1. The predicted octanol–water partition coefficient (Wildman–Crippen LogP) is 5.55. The SMILES string of the molecule is O=C(Nc1ccc(C(=O)N2CCC(c3nc4ccccc4s3)CC2)c(O)c1)c1cc(F)cc(F)c1. The van der Waals surface area contributed by atoms with Gasteiger partial charge in [-0.05, 0) is 49.2 Å². The van der Waals surface area contributed by atoms with Gasteiger partial charge < -0.3 is 15.3 Å². The summed E-state index contributed by atoms with van der Waals surface area (Å²) in [5.74, 6) is -2.77. The molecule has 0 saturated carbocycles. The number of thiazole rings is 1. The number of aromatic nitrogens is 1. The molecule has 0 atom stereocenters. The number of hydrogen-bond donors (Lipinski definition) is 2. The van der Waals surface area contributed by atoms with Gasteiger partial charge in [0.2, 0.25) is 0 Å². The Labute approximate surface area is 203 Å². The number of aromatic hydroxyl groups is 1. The van der Waals surface area contributed by atoms with Crippen molar-refractivity contribution in [1.29, 1.82) is 0 Å². The van der Waals surface area contributed by atoms with Gasteiger partial charge in [-0.25, -0.2) is 13.8 Å². The van der Waals surface area contributed by atoms with Crippen LogP contribution in [0.5, 0.6) is 5.75 Å². The molecule has 5 rings (SSSR count). The first-order valence-electron chi connectivity index (χ1n) is 11.1. The molecule has 1 aliphatic heterocycles. The van der Waals surface area contributed by atoms with E-state index in [1.807, 2.05) is 18.2 Å². The van der Waals surface area contributed by atoms with Crippen molar-refractivity contribution in [3.8, 4) is 5.75 Å². The Morgan fingerprint density at radius 3 is 2.40 bits per heavy atom. The van der Waals surface area contributed by atoms with Crippen molar-refractivity contribution in [2.75, 3.05) is 18.4 Å². The van der Waals surface area contributed by atoms with E-state index in [1.165, 1.54) is 18.2 Å². The highest BCUT2D eigenvalue weighted by Gasteiger charge is 2.27. The standard InChI is InChI=1S/C26H21F2N3O3S/c27-17-11-16(12-18(28)13-17)24(33)29-19-5-6-20(22(32)14-19)26(34)31-9-7-15(8-10-31)25-30-21-3-1-2-4-23(21)35-25/h1-6,11-15,32H,7-10H2,(H,29,33). The van der Waals surface area contributed by atoms with E-state index in [-0.39, 0.29) is 34.4 Å². The Bertz CT molecular complexity index is 1380. The van der Waals surface area contributed by atoms with Gasteiger partial charge >= 0.3 is 0 Å². The van der Waals surface area contributed by atoms with Gasteiger partial charge in [0.15, 0.2) is 0 Å². The number of phenolic OH excluding ortho intramolecular Hbond substituents is 1. The Balaban J connectivity index is 1.23. The van der Waals surface area contributed by atoms with Crippen molar-refractivity contribution in [3.63, 3.8) is 0 Å². The van der Waals surface area contributed by atoms with Gasteiger partial charge in [0.05, 0.1) is 20.8 Å². The van der Waals surface area contributed by atoms with Crippen LogP contribution in [-0.4, -0.2) is 39.9 Å². The van der Waals surface area contributed by atoms with Crippen molar-refractivity contribution in [1.82, 2.24) is 9.88 Å². The number of fused-ring (bicyclic) bond motifs is 1. The van der Waals surface area contributed by atoms with E-state index in [1.54, 1.807) is 16.2 Å². The maximum atomic E-state index is 13.4. The van der Waals surface area contributed by atoms with Crippen molar-refractivity contribution >= 4 is 39.1 Å². The van der Waals surface area contributed by atoms with Crippen molar-refractivity contribution in [2.45, 2.75) is 18.8 Å². The highest BCUT2D eigenvalue weighted by molar-refractivity contribution is 7.18. The molecule has 0 aliphatic carbocycles. The summed E-state index contributed by atoms with van der Waals surface area (Å²) in [6, 6.07) is 14.7. The van der Waals surface area contributed by atoms with E-state index < -0.39 is 17.5 Å². The molecule has 1 aromatic heterocycles. The van der Waals surface area contributed by atoms with Crippen LogP contribution in [0.15, 0.2) is 60.7 Å². The third-order valence-corrected chi connectivity index (χ3v) is 7.25. The first kappa shape index (κ1) is 22.9. The molecule has 6 nitrogen and oxygen atoms in total. The molecule has 9 heteroatoms. The Hall–Kier alpha value is -3.85. The molecule has 0 radical (unpaired) electrons. The zero-order chi connectivity index (χ0) is 24.5. The van der Waals surface area contributed by atoms with E-state index in [4.69, 9.17) is 4.98 Å². The maximum Gasteiger partial charge on any atom is 0.257 e. The van der Waals surface area contributed by atoms with Crippen molar-refractivity contribution in [3.05, 3.63) is 88.4 Å². The number of carbonyl (C=O) groups is 2.